The standard InChI is InChI=1S/C24H29F3O6/c1-32-23(31)22(30)21(29)20(28)13-5-10-17-9-4-8-16(17)7-2-3-14-33-19-12-6-11-18(15-19)24(25,26)27/h2,5-7,11-13,15-17,20,28-30H,3-4,8-10,14H2,1H3/b7-2+,13-5-,22-21+/t16-,17+,20?/m0/s1. The Labute approximate surface area is 190 Å². The minimum atomic E-state index is -4.40. The Morgan fingerprint density at radius 1 is 1.24 bits per heavy atom. The minimum absolute atomic E-state index is 0.177. The third kappa shape index (κ3) is 8.16. The van der Waals surface area contributed by atoms with E-state index in [1.807, 2.05) is 6.08 Å². The maximum absolute atomic E-state index is 12.7. The van der Waals surface area contributed by atoms with Crippen LogP contribution in [0.4, 0.5) is 13.2 Å². The lowest BCUT2D eigenvalue weighted by Crippen LogP contribution is -2.15. The molecule has 1 aromatic carbocycles. The topological polar surface area (TPSA) is 96.2 Å². The Hall–Kier alpha value is -2.94. The van der Waals surface area contributed by atoms with Gasteiger partial charge in [0.15, 0.2) is 5.76 Å². The van der Waals surface area contributed by atoms with Crippen molar-refractivity contribution in [2.45, 2.75) is 44.4 Å². The fourth-order valence-electron chi connectivity index (χ4n) is 3.70. The van der Waals surface area contributed by atoms with Gasteiger partial charge >= 0.3 is 12.1 Å². The van der Waals surface area contributed by atoms with Crippen molar-refractivity contribution in [2.24, 2.45) is 11.8 Å². The molecule has 33 heavy (non-hydrogen) atoms. The minimum Gasteiger partial charge on any atom is -0.506 e. The van der Waals surface area contributed by atoms with Crippen molar-refractivity contribution < 1.29 is 42.8 Å². The van der Waals surface area contributed by atoms with Gasteiger partial charge in [-0.15, -0.1) is 0 Å². The number of hydrogen-bond acceptors (Lipinski definition) is 6. The molecule has 2 rings (SSSR count). The molecule has 0 aliphatic heterocycles. The van der Waals surface area contributed by atoms with Gasteiger partial charge in [0, 0.05) is 0 Å². The molecule has 182 valence electrons. The van der Waals surface area contributed by atoms with Crippen LogP contribution in [0.25, 0.3) is 0 Å². The predicted molar refractivity (Wildman–Crippen MR) is 116 cm³/mol. The van der Waals surface area contributed by atoms with Crippen molar-refractivity contribution in [1.29, 1.82) is 0 Å². The molecule has 1 aliphatic rings. The first-order valence-corrected chi connectivity index (χ1v) is 10.6. The second-order valence-corrected chi connectivity index (χ2v) is 7.78. The first-order chi connectivity index (χ1) is 15.6. The summed E-state index contributed by atoms with van der Waals surface area (Å²) in [7, 11) is 1.04. The van der Waals surface area contributed by atoms with Crippen molar-refractivity contribution in [2.75, 3.05) is 13.7 Å². The molecular formula is C24H29F3O6. The van der Waals surface area contributed by atoms with Crippen LogP contribution in [0, 0.1) is 11.8 Å². The summed E-state index contributed by atoms with van der Waals surface area (Å²) in [5.41, 5.74) is -0.744. The number of hydrogen-bond donors (Lipinski definition) is 3. The summed E-state index contributed by atoms with van der Waals surface area (Å²) >= 11 is 0. The number of ether oxygens (including phenoxy) is 2. The number of alkyl halides is 3. The lowest BCUT2D eigenvalue weighted by atomic mass is 9.92. The van der Waals surface area contributed by atoms with E-state index in [0.717, 1.165) is 38.5 Å². The van der Waals surface area contributed by atoms with Gasteiger partial charge in [-0.2, -0.15) is 13.2 Å². The van der Waals surface area contributed by atoms with Crippen LogP contribution >= 0.6 is 0 Å². The molecule has 0 spiro atoms. The van der Waals surface area contributed by atoms with E-state index in [1.165, 1.54) is 18.2 Å². The largest absolute Gasteiger partial charge is 0.506 e. The van der Waals surface area contributed by atoms with Gasteiger partial charge in [-0.25, -0.2) is 4.79 Å². The summed E-state index contributed by atoms with van der Waals surface area (Å²) in [4.78, 5) is 11.2. The summed E-state index contributed by atoms with van der Waals surface area (Å²) in [6.45, 7) is 0.261. The zero-order valence-electron chi connectivity index (χ0n) is 18.3. The maximum atomic E-state index is 12.7. The van der Waals surface area contributed by atoms with Crippen molar-refractivity contribution in [3.8, 4) is 5.75 Å². The SMILES string of the molecule is COC(=O)/C(O)=C(\O)C(O)/C=C\C[C@H]1CCC[C@@H]1/C=C/CCOc1cccc(C(F)(F)F)c1. The van der Waals surface area contributed by atoms with Crippen LogP contribution in [0.2, 0.25) is 0 Å². The van der Waals surface area contributed by atoms with Gasteiger partial charge in [-0.05, 0) is 55.7 Å². The van der Waals surface area contributed by atoms with E-state index in [2.05, 4.69) is 10.8 Å². The molecule has 0 heterocycles. The van der Waals surface area contributed by atoms with Crippen molar-refractivity contribution in [3.63, 3.8) is 0 Å². The van der Waals surface area contributed by atoms with E-state index in [4.69, 9.17) is 4.74 Å². The fraction of sp³-hybridized carbons (Fsp3) is 0.458. The quantitative estimate of drug-likeness (QED) is 0.142. The van der Waals surface area contributed by atoms with Gasteiger partial charge < -0.3 is 24.8 Å². The summed E-state index contributed by atoms with van der Waals surface area (Å²) in [5, 5.41) is 29.0. The van der Waals surface area contributed by atoms with Crippen LogP contribution in [-0.4, -0.2) is 41.1 Å². The number of esters is 1. The molecule has 0 aromatic heterocycles. The van der Waals surface area contributed by atoms with Crippen LogP contribution in [0.1, 0.15) is 37.7 Å². The van der Waals surface area contributed by atoms with Crippen LogP contribution < -0.4 is 4.74 Å². The normalized spacial score (nSPS) is 20.8. The van der Waals surface area contributed by atoms with Gasteiger partial charge in [-0.1, -0.05) is 36.8 Å². The number of rotatable bonds is 10. The van der Waals surface area contributed by atoms with Crippen LogP contribution in [-0.2, 0) is 15.7 Å². The lowest BCUT2D eigenvalue weighted by Gasteiger charge is -2.14. The molecule has 9 heteroatoms. The molecule has 6 nitrogen and oxygen atoms in total. The third-order valence-electron chi connectivity index (χ3n) is 5.47. The second-order valence-electron chi connectivity index (χ2n) is 7.78. The first kappa shape index (κ1) is 26.3. The first-order valence-electron chi connectivity index (χ1n) is 10.6. The zero-order chi connectivity index (χ0) is 24.4. The smallest absolute Gasteiger partial charge is 0.416 e. The molecule has 0 bridgehead atoms. The Balaban J connectivity index is 1.80. The molecule has 1 aromatic rings. The average molecular weight is 470 g/mol. The maximum Gasteiger partial charge on any atom is 0.416 e. The van der Waals surface area contributed by atoms with E-state index in [0.29, 0.717) is 24.7 Å². The summed E-state index contributed by atoms with van der Waals surface area (Å²) in [5.74, 6) is -2.23. The molecule has 3 atom stereocenters. The Bertz CT molecular complexity index is 875. The molecule has 1 saturated carbocycles. The number of aliphatic hydroxyl groups excluding tert-OH is 3. The lowest BCUT2D eigenvalue weighted by molar-refractivity contribution is -0.139. The predicted octanol–water partition coefficient (Wildman–Crippen LogP) is 5.25. The Morgan fingerprint density at radius 3 is 2.70 bits per heavy atom. The molecule has 0 radical (unpaired) electrons. The van der Waals surface area contributed by atoms with Gasteiger partial charge in [-0.3, -0.25) is 0 Å². The van der Waals surface area contributed by atoms with Crippen molar-refractivity contribution in [3.05, 3.63) is 65.7 Å². The van der Waals surface area contributed by atoms with Gasteiger partial charge in [0.25, 0.3) is 0 Å². The Morgan fingerprint density at radius 2 is 2.00 bits per heavy atom. The van der Waals surface area contributed by atoms with E-state index < -0.39 is 35.3 Å². The Kier molecular flexibility index (Phi) is 9.84. The van der Waals surface area contributed by atoms with E-state index in [1.54, 1.807) is 6.08 Å². The molecule has 0 amide bonds. The van der Waals surface area contributed by atoms with Gasteiger partial charge in [0.1, 0.15) is 11.9 Å². The van der Waals surface area contributed by atoms with Crippen molar-refractivity contribution in [1.82, 2.24) is 0 Å². The second kappa shape index (κ2) is 12.3. The molecule has 1 fully saturated rings. The number of allylic oxidation sites excluding steroid dienone is 2. The number of halogens is 3. The summed E-state index contributed by atoms with van der Waals surface area (Å²) in [6.07, 6.45) is 5.34. The van der Waals surface area contributed by atoms with Crippen molar-refractivity contribution >= 4 is 5.97 Å². The number of methoxy groups -OCH3 is 1. The monoisotopic (exact) mass is 470 g/mol. The molecule has 1 aliphatic carbocycles. The highest BCUT2D eigenvalue weighted by molar-refractivity contribution is 5.86. The number of aliphatic hydroxyl groups is 3. The van der Waals surface area contributed by atoms with Crippen LogP contribution in [0.5, 0.6) is 5.75 Å². The van der Waals surface area contributed by atoms with E-state index >= 15 is 0 Å². The third-order valence-corrected chi connectivity index (χ3v) is 5.47. The highest BCUT2D eigenvalue weighted by Gasteiger charge is 2.30. The van der Waals surface area contributed by atoms with E-state index in [9.17, 15) is 33.3 Å². The highest BCUT2D eigenvalue weighted by Crippen LogP contribution is 2.35. The van der Waals surface area contributed by atoms with Crippen LogP contribution in [0.3, 0.4) is 0 Å². The number of carbonyl (C=O) groups excluding carboxylic acids is 1. The fourth-order valence-corrected chi connectivity index (χ4v) is 3.70. The van der Waals surface area contributed by atoms with Crippen LogP contribution in [0.15, 0.2) is 60.1 Å². The summed E-state index contributed by atoms with van der Waals surface area (Å²) in [6, 6.07) is 4.79. The number of benzene rings is 1. The highest BCUT2D eigenvalue weighted by atomic mass is 19.4. The van der Waals surface area contributed by atoms with Gasteiger partial charge in [0.05, 0.1) is 19.3 Å². The molecular weight excluding hydrogens is 441 g/mol. The molecule has 1 unspecified atom stereocenters. The molecule has 0 saturated heterocycles. The van der Waals surface area contributed by atoms with Gasteiger partial charge in [0.2, 0.25) is 5.76 Å². The number of carbonyl (C=O) groups is 1. The van der Waals surface area contributed by atoms with E-state index in [-0.39, 0.29) is 12.4 Å². The summed E-state index contributed by atoms with van der Waals surface area (Å²) < 4.78 is 47.9. The zero-order valence-corrected chi connectivity index (χ0v) is 18.3. The average Bonchev–Trinajstić information content (AvgIpc) is 3.24. The molecule has 3 N–H and O–H groups in total.